The summed E-state index contributed by atoms with van der Waals surface area (Å²) in [6.45, 7) is 3.36. The van der Waals surface area contributed by atoms with Crippen LogP contribution in [0.3, 0.4) is 0 Å². The predicted molar refractivity (Wildman–Crippen MR) is 78.4 cm³/mol. The Balaban J connectivity index is 1.82. The molecule has 1 amide bonds. The average molecular weight is 299 g/mol. The zero-order chi connectivity index (χ0) is 15.7. The zero-order valence-corrected chi connectivity index (χ0v) is 12.0. The first-order valence-electron chi connectivity index (χ1n) is 6.61. The molecule has 3 aromatic rings. The summed E-state index contributed by atoms with van der Waals surface area (Å²) in [4.78, 5) is 28.0. The minimum Gasteiger partial charge on any atom is -0.408 e. The number of carbonyl (C=O) groups is 1. The molecule has 1 aromatic carbocycles. The van der Waals surface area contributed by atoms with E-state index in [1.54, 1.807) is 38.1 Å². The van der Waals surface area contributed by atoms with Crippen LogP contribution in [0.25, 0.3) is 11.1 Å². The fraction of sp³-hybridized carbons (Fsp3) is 0.214. The van der Waals surface area contributed by atoms with Crippen LogP contribution in [0.5, 0.6) is 0 Å². The molecule has 0 bridgehead atoms. The monoisotopic (exact) mass is 299 g/mol. The summed E-state index contributed by atoms with van der Waals surface area (Å²) in [6, 6.07) is 6.90. The fourth-order valence-corrected chi connectivity index (χ4v) is 1.98. The van der Waals surface area contributed by atoms with Crippen LogP contribution >= 0.6 is 0 Å². The summed E-state index contributed by atoms with van der Waals surface area (Å²) < 4.78 is 6.32. The van der Waals surface area contributed by atoms with Crippen molar-refractivity contribution in [3.63, 3.8) is 0 Å². The van der Waals surface area contributed by atoms with E-state index in [1.165, 1.54) is 4.57 Å². The number of anilines is 1. The van der Waals surface area contributed by atoms with Gasteiger partial charge in [-0.1, -0.05) is 12.1 Å². The molecule has 0 aliphatic carbocycles. The average Bonchev–Trinajstić information content (AvgIpc) is 2.79. The molecule has 0 fully saturated rings. The van der Waals surface area contributed by atoms with E-state index in [0.29, 0.717) is 22.5 Å². The van der Waals surface area contributed by atoms with Gasteiger partial charge in [0, 0.05) is 0 Å². The molecular weight excluding hydrogens is 286 g/mol. The van der Waals surface area contributed by atoms with Crippen LogP contribution in [0.4, 0.5) is 5.95 Å². The number of aryl methyl sites for hydroxylation is 2. The molecule has 1 N–H and O–H groups in total. The van der Waals surface area contributed by atoms with Crippen molar-refractivity contribution in [1.29, 1.82) is 0 Å². The molecule has 22 heavy (non-hydrogen) atoms. The van der Waals surface area contributed by atoms with Crippen molar-refractivity contribution in [1.82, 2.24) is 19.7 Å². The number of nitrogens with one attached hydrogen (secondary N) is 1. The molecule has 0 spiro atoms. The van der Waals surface area contributed by atoms with E-state index in [9.17, 15) is 9.59 Å². The van der Waals surface area contributed by atoms with Gasteiger partial charge in [-0.2, -0.15) is 5.10 Å². The smallest absolute Gasteiger partial charge is 0.408 e. The molecular formula is C14H13N5O3. The highest BCUT2D eigenvalue weighted by atomic mass is 16.4. The summed E-state index contributed by atoms with van der Waals surface area (Å²) >= 11 is 0. The van der Waals surface area contributed by atoms with E-state index in [-0.39, 0.29) is 12.5 Å². The molecule has 112 valence electrons. The van der Waals surface area contributed by atoms with Crippen molar-refractivity contribution in [3.8, 4) is 0 Å². The van der Waals surface area contributed by atoms with Gasteiger partial charge in [0.15, 0.2) is 5.58 Å². The maximum Gasteiger partial charge on any atom is 0.420 e. The molecule has 0 unspecified atom stereocenters. The van der Waals surface area contributed by atoms with Gasteiger partial charge in [0.25, 0.3) is 0 Å². The highest BCUT2D eigenvalue weighted by molar-refractivity contribution is 5.89. The van der Waals surface area contributed by atoms with Gasteiger partial charge in [0.05, 0.1) is 16.9 Å². The van der Waals surface area contributed by atoms with E-state index < -0.39 is 11.7 Å². The molecule has 0 saturated heterocycles. The molecule has 0 aliphatic heterocycles. The summed E-state index contributed by atoms with van der Waals surface area (Å²) in [5.41, 5.74) is 2.36. The number of para-hydroxylation sites is 2. The molecule has 0 aliphatic rings. The van der Waals surface area contributed by atoms with Crippen molar-refractivity contribution in [2.45, 2.75) is 20.4 Å². The molecule has 0 atom stereocenters. The Hall–Kier alpha value is -3.03. The number of oxazole rings is 1. The first-order valence-corrected chi connectivity index (χ1v) is 6.61. The number of carbonyl (C=O) groups excluding carboxylic acids is 1. The van der Waals surface area contributed by atoms with E-state index in [0.717, 1.165) is 0 Å². The molecule has 8 nitrogen and oxygen atoms in total. The Kier molecular flexibility index (Phi) is 3.42. The van der Waals surface area contributed by atoms with Gasteiger partial charge in [-0.3, -0.25) is 14.7 Å². The van der Waals surface area contributed by atoms with Gasteiger partial charge in [0.1, 0.15) is 6.54 Å². The second kappa shape index (κ2) is 5.40. The predicted octanol–water partition coefficient (Wildman–Crippen LogP) is 1.04. The molecule has 2 aromatic heterocycles. The maximum atomic E-state index is 12.1. The van der Waals surface area contributed by atoms with Gasteiger partial charge in [-0.05, 0) is 26.0 Å². The van der Waals surface area contributed by atoms with E-state index in [4.69, 9.17) is 4.42 Å². The number of nitrogens with zero attached hydrogens (tertiary/aromatic N) is 4. The van der Waals surface area contributed by atoms with Crippen molar-refractivity contribution >= 4 is 23.0 Å². The second-order valence-corrected chi connectivity index (χ2v) is 4.78. The second-order valence-electron chi connectivity index (χ2n) is 4.78. The number of aromatic nitrogens is 4. The quantitative estimate of drug-likeness (QED) is 0.775. The number of rotatable bonds is 3. The van der Waals surface area contributed by atoms with Crippen molar-refractivity contribution in [2.75, 3.05) is 5.32 Å². The standard InChI is InChI=1S/C14H13N5O3/c1-8-9(2)17-18-13(15-8)16-12(20)7-19-10-5-3-4-6-11(10)22-14(19)21/h3-6H,7H2,1-2H3,(H,15,16,18,20). The Morgan fingerprint density at radius 3 is 2.77 bits per heavy atom. The minimum atomic E-state index is -0.588. The fourth-order valence-electron chi connectivity index (χ4n) is 1.98. The van der Waals surface area contributed by atoms with Crippen LogP contribution in [-0.4, -0.2) is 25.7 Å². The highest BCUT2D eigenvalue weighted by Crippen LogP contribution is 2.11. The Morgan fingerprint density at radius 1 is 1.23 bits per heavy atom. The zero-order valence-electron chi connectivity index (χ0n) is 12.0. The lowest BCUT2D eigenvalue weighted by Crippen LogP contribution is -2.25. The van der Waals surface area contributed by atoms with Gasteiger partial charge in [-0.25, -0.2) is 9.78 Å². The summed E-state index contributed by atoms with van der Waals surface area (Å²) in [6.07, 6.45) is 0. The first-order chi connectivity index (χ1) is 10.5. The molecule has 3 rings (SSSR count). The van der Waals surface area contributed by atoms with Gasteiger partial charge in [0.2, 0.25) is 11.9 Å². The van der Waals surface area contributed by atoms with Gasteiger partial charge in [-0.15, -0.1) is 5.10 Å². The summed E-state index contributed by atoms with van der Waals surface area (Å²) in [7, 11) is 0. The molecule has 0 radical (unpaired) electrons. The lowest BCUT2D eigenvalue weighted by Gasteiger charge is -2.05. The van der Waals surface area contributed by atoms with Crippen molar-refractivity contribution < 1.29 is 9.21 Å². The third-order valence-electron chi connectivity index (χ3n) is 3.22. The van der Waals surface area contributed by atoms with Crippen molar-refractivity contribution in [2.24, 2.45) is 0 Å². The Bertz CT molecular complexity index is 912. The summed E-state index contributed by atoms with van der Waals surface area (Å²) in [5, 5.41) is 10.2. The topological polar surface area (TPSA) is 103 Å². The van der Waals surface area contributed by atoms with Crippen LogP contribution in [0, 0.1) is 13.8 Å². The lowest BCUT2D eigenvalue weighted by molar-refractivity contribution is -0.116. The molecule has 2 heterocycles. The van der Waals surface area contributed by atoms with Gasteiger partial charge >= 0.3 is 5.76 Å². The Morgan fingerprint density at radius 2 is 2.00 bits per heavy atom. The van der Waals surface area contributed by atoms with Crippen LogP contribution in [-0.2, 0) is 11.3 Å². The SMILES string of the molecule is Cc1nnc(NC(=O)Cn2c(=O)oc3ccccc32)nc1C. The van der Waals surface area contributed by atoms with E-state index in [1.807, 2.05) is 0 Å². The molecule has 0 saturated carbocycles. The highest BCUT2D eigenvalue weighted by Gasteiger charge is 2.13. The van der Waals surface area contributed by atoms with Crippen LogP contribution in [0.15, 0.2) is 33.5 Å². The number of benzene rings is 1. The third-order valence-corrected chi connectivity index (χ3v) is 3.22. The van der Waals surface area contributed by atoms with Crippen LogP contribution < -0.4 is 11.1 Å². The lowest BCUT2D eigenvalue weighted by atomic mass is 10.3. The molecule has 8 heteroatoms. The minimum absolute atomic E-state index is 0.106. The number of amides is 1. The van der Waals surface area contributed by atoms with E-state index >= 15 is 0 Å². The summed E-state index contributed by atoms with van der Waals surface area (Å²) in [5.74, 6) is -0.914. The number of hydrogen-bond donors (Lipinski definition) is 1. The number of fused-ring (bicyclic) bond motifs is 1. The Labute approximate surface area is 124 Å². The van der Waals surface area contributed by atoms with Crippen LogP contribution in [0.1, 0.15) is 11.4 Å². The first kappa shape index (κ1) is 13.9. The normalized spacial score (nSPS) is 10.8. The largest absolute Gasteiger partial charge is 0.420 e. The number of hydrogen-bond acceptors (Lipinski definition) is 6. The van der Waals surface area contributed by atoms with Crippen LogP contribution in [0.2, 0.25) is 0 Å². The maximum absolute atomic E-state index is 12.1. The third kappa shape index (κ3) is 2.58. The van der Waals surface area contributed by atoms with E-state index in [2.05, 4.69) is 20.5 Å². The van der Waals surface area contributed by atoms with Gasteiger partial charge < -0.3 is 4.42 Å². The van der Waals surface area contributed by atoms with Crippen molar-refractivity contribution in [3.05, 3.63) is 46.2 Å².